The number of carbonyl (C=O) groups is 1. The lowest BCUT2D eigenvalue weighted by molar-refractivity contribution is 0.0697. The predicted molar refractivity (Wildman–Crippen MR) is 126 cm³/mol. The Balaban J connectivity index is 1.78. The summed E-state index contributed by atoms with van der Waals surface area (Å²) in [5.41, 5.74) is 4.02. The maximum absolute atomic E-state index is 12.9. The third kappa shape index (κ3) is 6.11. The summed E-state index contributed by atoms with van der Waals surface area (Å²) in [5.74, 6) is -0.502. The Morgan fingerprint density at radius 2 is 1.72 bits per heavy atom. The first-order valence-electron chi connectivity index (χ1n) is 10.3. The fourth-order valence-electron chi connectivity index (χ4n) is 3.38. The van der Waals surface area contributed by atoms with E-state index in [-0.39, 0.29) is 23.8 Å². The normalized spacial score (nSPS) is 11.4. The average molecular weight is 454 g/mol. The summed E-state index contributed by atoms with van der Waals surface area (Å²) in [4.78, 5) is 11.0. The lowest BCUT2D eigenvalue weighted by Crippen LogP contribution is -2.17. The number of ether oxygens (including phenoxy) is 1. The smallest absolute Gasteiger partial charge is 0.335 e. The summed E-state index contributed by atoms with van der Waals surface area (Å²) >= 11 is 0. The number of hydrogen-bond acceptors (Lipinski definition) is 4. The molecule has 0 aliphatic rings. The number of sulfonamides is 1. The molecule has 0 aliphatic heterocycles. The van der Waals surface area contributed by atoms with E-state index in [1.54, 1.807) is 24.3 Å². The average Bonchev–Trinajstić information content (AvgIpc) is 2.74. The van der Waals surface area contributed by atoms with E-state index in [1.807, 2.05) is 51.1 Å². The molecule has 7 heteroatoms. The lowest BCUT2D eigenvalue weighted by Gasteiger charge is -2.16. The van der Waals surface area contributed by atoms with E-state index in [4.69, 9.17) is 9.84 Å². The Morgan fingerprint density at radius 3 is 2.38 bits per heavy atom. The van der Waals surface area contributed by atoms with Crippen LogP contribution in [0.4, 0.5) is 5.69 Å². The van der Waals surface area contributed by atoms with E-state index in [9.17, 15) is 13.2 Å². The fraction of sp³-hybridized carbons (Fsp3) is 0.240. The van der Waals surface area contributed by atoms with Crippen molar-refractivity contribution in [3.63, 3.8) is 0 Å². The highest BCUT2D eigenvalue weighted by atomic mass is 32.2. The van der Waals surface area contributed by atoms with Gasteiger partial charge in [-0.15, -0.1) is 0 Å². The highest BCUT2D eigenvalue weighted by Crippen LogP contribution is 2.29. The predicted octanol–water partition coefficient (Wildman–Crippen LogP) is 5.34. The first-order valence-corrected chi connectivity index (χ1v) is 11.9. The van der Waals surface area contributed by atoms with Crippen molar-refractivity contribution in [3.05, 3.63) is 94.5 Å². The second-order valence-corrected chi connectivity index (χ2v) is 9.73. The molecule has 0 saturated carbocycles. The molecule has 168 valence electrons. The number of anilines is 1. The molecule has 0 aliphatic carbocycles. The maximum Gasteiger partial charge on any atom is 0.335 e. The van der Waals surface area contributed by atoms with Crippen molar-refractivity contribution in [2.45, 2.75) is 39.0 Å². The van der Waals surface area contributed by atoms with E-state index < -0.39 is 16.0 Å². The minimum absolute atomic E-state index is 0.134. The SMILES string of the molecule is Cc1ccc(NS(=O)(=O)Cc2ccccc2C(C)C)c(OCc2ccc(C(=O)O)cc2)c1. The summed E-state index contributed by atoms with van der Waals surface area (Å²) in [6.45, 7) is 6.14. The van der Waals surface area contributed by atoms with Crippen molar-refractivity contribution in [2.24, 2.45) is 0 Å². The highest BCUT2D eigenvalue weighted by molar-refractivity contribution is 7.91. The number of carboxylic acids is 1. The molecule has 0 heterocycles. The molecule has 0 bridgehead atoms. The van der Waals surface area contributed by atoms with Gasteiger partial charge in [0, 0.05) is 0 Å². The molecule has 2 N–H and O–H groups in total. The first kappa shape index (κ1) is 23.3. The van der Waals surface area contributed by atoms with Gasteiger partial charge in [0.15, 0.2) is 0 Å². The van der Waals surface area contributed by atoms with Crippen molar-refractivity contribution in [3.8, 4) is 5.75 Å². The summed E-state index contributed by atoms with van der Waals surface area (Å²) in [5, 5.41) is 9.02. The lowest BCUT2D eigenvalue weighted by atomic mass is 9.98. The standard InChI is InChI=1S/C25H27NO5S/c1-17(2)22-7-5-4-6-21(22)16-32(29,30)26-23-13-8-18(3)14-24(23)31-15-19-9-11-20(12-10-19)25(27)28/h4-14,17,26H,15-16H2,1-3H3,(H,27,28). The second kappa shape index (κ2) is 9.87. The molecule has 0 atom stereocenters. The largest absolute Gasteiger partial charge is 0.487 e. The van der Waals surface area contributed by atoms with Gasteiger partial charge < -0.3 is 9.84 Å². The molecule has 0 radical (unpaired) electrons. The molecule has 0 saturated heterocycles. The van der Waals surface area contributed by atoms with Gasteiger partial charge in [-0.05, 0) is 59.4 Å². The number of aryl methyl sites for hydroxylation is 1. The van der Waals surface area contributed by atoms with Crippen LogP contribution >= 0.6 is 0 Å². The molecule has 3 rings (SSSR count). The van der Waals surface area contributed by atoms with Crippen LogP contribution in [0, 0.1) is 6.92 Å². The summed E-state index contributed by atoms with van der Waals surface area (Å²) in [6, 6.07) is 19.2. The molecular weight excluding hydrogens is 426 g/mol. The zero-order valence-electron chi connectivity index (χ0n) is 18.3. The van der Waals surface area contributed by atoms with Gasteiger partial charge in [0.25, 0.3) is 0 Å². The number of nitrogens with one attached hydrogen (secondary N) is 1. The van der Waals surface area contributed by atoms with Gasteiger partial charge in [-0.2, -0.15) is 0 Å². The maximum atomic E-state index is 12.9. The van der Waals surface area contributed by atoms with Crippen molar-refractivity contribution in [1.29, 1.82) is 0 Å². The minimum Gasteiger partial charge on any atom is -0.487 e. The molecule has 0 aromatic heterocycles. The van der Waals surface area contributed by atoms with E-state index >= 15 is 0 Å². The van der Waals surface area contributed by atoms with Crippen LogP contribution in [0.3, 0.4) is 0 Å². The summed E-state index contributed by atoms with van der Waals surface area (Å²) in [6.07, 6.45) is 0. The van der Waals surface area contributed by atoms with E-state index in [2.05, 4.69) is 4.72 Å². The van der Waals surface area contributed by atoms with E-state index in [1.165, 1.54) is 12.1 Å². The van der Waals surface area contributed by atoms with Crippen molar-refractivity contribution in [2.75, 3.05) is 4.72 Å². The van der Waals surface area contributed by atoms with Gasteiger partial charge in [0.1, 0.15) is 12.4 Å². The van der Waals surface area contributed by atoms with E-state index in [0.29, 0.717) is 11.4 Å². The molecule has 0 spiro atoms. The summed E-state index contributed by atoms with van der Waals surface area (Å²) < 4.78 is 34.4. The number of benzene rings is 3. The van der Waals surface area contributed by atoms with Crippen LogP contribution < -0.4 is 9.46 Å². The van der Waals surface area contributed by atoms with E-state index in [0.717, 1.165) is 22.3 Å². The molecule has 3 aromatic carbocycles. The van der Waals surface area contributed by atoms with Crippen molar-refractivity contribution < 1.29 is 23.1 Å². The van der Waals surface area contributed by atoms with Gasteiger partial charge in [0.05, 0.1) is 17.0 Å². The Hall–Kier alpha value is -3.32. The number of carboxylic acid groups (broad SMARTS) is 1. The van der Waals surface area contributed by atoms with Crippen LogP contribution in [-0.4, -0.2) is 19.5 Å². The molecule has 32 heavy (non-hydrogen) atoms. The molecule has 0 unspecified atom stereocenters. The van der Waals surface area contributed by atoms with Crippen LogP contribution in [-0.2, 0) is 22.4 Å². The quantitative estimate of drug-likeness (QED) is 0.456. The third-order valence-corrected chi connectivity index (χ3v) is 6.24. The second-order valence-electron chi connectivity index (χ2n) is 8.01. The van der Waals surface area contributed by atoms with Gasteiger partial charge in [-0.25, -0.2) is 13.2 Å². The van der Waals surface area contributed by atoms with Crippen molar-refractivity contribution in [1.82, 2.24) is 0 Å². The topological polar surface area (TPSA) is 92.7 Å². The van der Waals surface area contributed by atoms with Crippen LogP contribution in [0.2, 0.25) is 0 Å². The number of hydrogen-bond donors (Lipinski definition) is 2. The molecule has 3 aromatic rings. The Bertz CT molecular complexity index is 1200. The Labute approximate surface area is 188 Å². The molecule has 0 fully saturated rings. The molecular formula is C25H27NO5S. The highest BCUT2D eigenvalue weighted by Gasteiger charge is 2.18. The summed E-state index contributed by atoms with van der Waals surface area (Å²) in [7, 11) is -3.67. The van der Waals surface area contributed by atoms with Crippen LogP contribution in [0.1, 0.15) is 52.4 Å². The Kier molecular flexibility index (Phi) is 7.20. The third-order valence-electron chi connectivity index (χ3n) is 5.02. The zero-order chi connectivity index (χ0) is 23.3. The molecule has 6 nitrogen and oxygen atoms in total. The monoisotopic (exact) mass is 453 g/mol. The van der Waals surface area contributed by atoms with Gasteiger partial charge >= 0.3 is 5.97 Å². The van der Waals surface area contributed by atoms with Crippen LogP contribution in [0.5, 0.6) is 5.75 Å². The van der Waals surface area contributed by atoms with Gasteiger partial charge in [-0.1, -0.05) is 56.3 Å². The minimum atomic E-state index is -3.67. The van der Waals surface area contributed by atoms with Gasteiger partial charge in [-0.3, -0.25) is 4.72 Å². The van der Waals surface area contributed by atoms with Crippen LogP contribution in [0.25, 0.3) is 0 Å². The first-order chi connectivity index (χ1) is 15.1. The number of aromatic carboxylic acids is 1. The van der Waals surface area contributed by atoms with Crippen LogP contribution in [0.15, 0.2) is 66.7 Å². The molecule has 0 amide bonds. The van der Waals surface area contributed by atoms with Crippen molar-refractivity contribution >= 4 is 21.7 Å². The number of rotatable bonds is 9. The zero-order valence-corrected chi connectivity index (χ0v) is 19.1. The van der Waals surface area contributed by atoms with Gasteiger partial charge in [0.2, 0.25) is 10.0 Å². The fourth-order valence-corrected chi connectivity index (χ4v) is 4.62. The Morgan fingerprint density at radius 1 is 1.03 bits per heavy atom.